The second kappa shape index (κ2) is 5.37. The summed E-state index contributed by atoms with van der Waals surface area (Å²) >= 11 is 1.60. The molecular weight excluding hydrogens is 268 g/mol. The molecule has 2 aromatic rings. The summed E-state index contributed by atoms with van der Waals surface area (Å²) in [5.74, 6) is 0.153. The van der Waals surface area contributed by atoms with E-state index in [1.165, 1.54) is 11.1 Å². The van der Waals surface area contributed by atoms with Crippen LogP contribution in [0.1, 0.15) is 28.2 Å². The molecule has 3 rings (SSSR count). The summed E-state index contributed by atoms with van der Waals surface area (Å²) in [7, 11) is 0. The lowest BCUT2D eigenvalue weighted by atomic mass is 9.99. The number of hydrogen-bond donors (Lipinski definition) is 0. The topological polar surface area (TPSA) is 33.2 Å². The maximum absolute atomic E-state index is 12.5. The molecule has 1 amide bonds. The first-order chi connectivity index (χ1) is 9.63. The van der Waals surface area contributed by atoms with Crippen LogP contribution in [0.4, 0.5) is 5.69 Å². The maximum Gasteiger partial charge on any atom is 0.233 e. The molecule has 0 bridgehead atoms. The third-order valence-corrected chi connectivity index (χ3v) is 4.48. The van der Waals surface area contributed by atoms with Crippen molar-refractivity contribution >= 4 is 22.9 Å². The molecule has 0 fully saturated rings. The molecule has 3 nitrogen and oxygen atoms in total. The minimum absolute atomic E-state index is 0.153. The molecule has 20 heavy (non-hydrogen) atoms. The quantitative estimate of drug-likeness (QED) is 0.849. The SMILES string of the molecule is Cc1ccc2c(c1)CCCN2C(=O)Cc1csc(C)n1. The van der Waals surface area contributed by atoms with Gasteiger partial charge in [0.2, 0.25) is 5.91 Å². The van der Waals surface area contributed by atoms with Gasteiger partial charge in [-0.15, -0.1) is 11.3 Å². The number of rotatable bonds is 2. The van der Waals surface area contributed by atoms with Crippen molar-refractivity contribution in [3.8, 4) is 0 Å². The van der Waals surface area contributed by atoms with Gasteiger partial charge in [-0.3, -0.25) is 4.79 Å². The second-order valence-corrected chi connectivity index (χ2v) is 6.38. The molecule has 1 aliphatic heterocycles. The molecule has 0 N–H and O–H groups in total. The van der Waals surface area contributed by atoms with Crippen molar-refractivity contribution in [3.63, 3.8) is 0 Å². The highest BCUT2D eigenvalue weighted by atomic mass is 32.1. The van der Waals surface area contributed by atoms with Gasteiger partial charge in [-0.25, -0.2) is 4.98 Å². The van der Waals surface area contributed by atoms with E-state index in [-0.39, 0.29) is 5.91 Å². The van der Waals surface area contributed by atoms with Gasteiger partial charge in [0.15, 0.2) is 0 Å². The fourth-order valence-corrected chi connectivity index (χ4v) is 3.34. The lowest BCUT2D eigenvalue weighted by molar-refractivity contribution is -0.118. The molecule has 1 aromatic carbocycles. The van der Waals surface area contributed by atoms with Crippen molar-refractivity contribution in [1.82, 2.24) is 4.98 Å². The Morgan fingerprint density at radius 2 is 2.25 bits per heavy atom. The number of thiazole rings is 1. The number of anilines is 1. The summed E-state index contributed by atoms with van der Waals surface area (Å²) in [6, 6.07) is 6.35. The highest BCUT2D eigenvalue weighted by Crippen LogP contribution is 2.28. The van der Waals surface area contributed by atoms with Crippen LogP contribution in [0.5, 0.6) is 0 Å². The number of amides is 1. The van der Waals surface area contributed by atoms with Gasteiger partial charge in [-0.05, 0) is 38.3 Å². The molecular formula is C16H18N2OS. The van der Waals surface area contributed by atoms with Gasteiger partial charge >= 0.3 is 0 Å². The lowest BCUT2D eigenvalue weighted by Crippen LogP contribution is -2.36. The number of fused-ring (bicyclic) bond motifs is 1. The van der Waals surface area contributed by atoms with E-state index in [2.05, 4.69) is 30.1 Å². The number of benzene rings is 1. The predicted octanol–water partition coefficient (Wildman–Crippen LogP) is 3.28. The van der Waals surface area contributed by atoms with E-state index in [9.17, 15) is 4.79 Å². The van der Waals surface area contributed by atoms with E-state index in [1.807, 2.05) is 17.2 Å². The molecule has 0 saturated carbocycles. The lowest BCUT2D eigenvalue weighted by Gasteiger charge is -2.29. The van der Waals surface area contributed by atoms with Crippen LogP contribution < -0.4 is 4.90 Å². The predicted molar refractivity (Wildman–Crippen MR) is 82.4 cm³/mol. The summed E-state index contributed by atoms with van der Waals surface area (Å²) in [5, 5.41) is 3.00. The largest absolute Gasteiger partial charge is 0.312 e. The van der Waals surface area contributed by atoms with Gasteiger partial charge in [0.1, 0.15) is 0 Å². The van der Waals surface area contributed by atoms with Crippen molar-refractivity contribution in [1.29, 1.82) is 0 Å². The Hall–Kier alpha value is -1.68. The molecule has 4 heteroatoms. The Kier molecular flexibility index (Phi) is 3.57. The zero-order valence-corrected chi connectivity index (χ0v) is 12.7. The monoisotopic (exact) mass is 286 g/mol. The third-order valence-electron chi connectivity index (χ3n) is 3.65. The Bertz CT molecular complexity index is 648. The van der Waals surface area contributed by atoms with Gasteiger partial charge in [-0.1, -0.05) is 17.7 Å². The molecule has 0 spiro atoms. The van der Waals surface area contributed by atoms with E-state index < -0.39 is 0 Å². The van der Waals surface area contributed by atoms with E-state index in [0.29, 0.717) is 6.42 Å². The summed E-state index contributed by atoms with van der Waals surface area (Å²) in [4.78, 5) is 18.8. The van der Waals surface area contributed by atoms with Gasteiger partial charge in [0, 0.05) is 17.6 Å². The molecule has 0 saturated heterocycles. The molecule has 1 aliphatic rings. The number of carbonyl (C=O) groups excluding carboxylic acids is 1. The average Bonchev–Trinajstić information content (AvgIpc) is 2.83. The normalized spacial score (nSPS) is 14.2. The first-order valence-corrected chi connectivity index (χ1v) is 7.82. The standard InChI is InChI=1S/C16H18N2OS/c1-11-5-6-15-13(8-11)4-3-7-18(15)16(19)9-14-10-20-12(2)17-14/h5-6,8,10H,3-4,7,9H2,1-2H3. The van der Waals surface area contributed by atoms with Crippen molar-refractivity contribution in [3.05, 3.63) is 45.4 Å². The van der Waals surface area contributed by atoms with Crippen molar-refractivity contribution in [2.45, 2.75) is 33.1 Å². The van der Waals surface area contributed by atoms with Crippen LogP contribution in [0.2, 0.25) is 0 Å². The van der Waals surface area contributed by atoms with E-state index in [4.69, 9.17) is 0 Å². The molecule has 0 atom stereocenters. The van der Waals surface area contributed by atoms with E-state index >= 15 is 0 Å². The van der Waals surface area contributed by atoms with Crippen LogP contribution in [0.15, 0.2) is 23.6 Å². The number of aromatic nitrogens is 1. The fourth-order valence-electron chi connectivity index (χ4n) is 2.72. The molecule has 2 heterocycles. The van der Waals surface area contributed by atoms with E-state index in [1.54, 1.807) is 11.3 Å². The van der Waals surface area contributed by atoms with Crippen LogP contribution in [-0.4, -0.2) is 17.4 Å². The molecule has 0 radical (unpaired) electrons. The highest BCUT2D eigenvalue weighted by Gasteiger charge is 2.23. The maximum atomic E-state index is 12.5. The summed E-state index contributed by atoms with van der Waals surface area (Å²) in [5.41, 5.74) is 4.52. The van der Waals surface area contributed by atoms with Gasteiger partial charge in [0.25, 0.3) is 0 Å². The van der Waals surface area contributed by atoms with Crippen molar-refractivity contribution in [2.24, 2.45) is 0 Å². The number of nitrogens with zero attached hydrogens (tertiary/aromatic N) is 2. The van der Waals surface area contributed by atoms with Gasteiger partial charge in [0.05, 0.1) is 17.1 Å². The summed E-state index contributed by atoms with van der Waals surface area (Å²) in [6.07, 6.45) is 2.51. The Morgan fingerprint density at radius 1 is 1.40 bits per heavy atom. The van der Waals surface area contributed by atoms with Crippen LogP contribution >= 0.6 is 11.3 Å². The smallest absolute Gasteiger partial charge is 0.233 e. The summed E-state index contributed by atoms with van der Waals surface area (Å²) in [6.45, 7) is 4.88. The van der Waals surface area contributed by atoms with Crippen molar-refractivity contribution < 1.29 is 4.79 Å². The minimum atomic E-state index is 0.153. The number of hydrogen-bond acceptors (Lipinski definition) is 3. The number of carbonyl (C=O) groups is 1. The Morgan fingerprint density at radius 3 is 3.00 bits per heavy atom. The second-order valence-electron chi connectivity index (χ2n) is 5.32. The molecule has 104 valence electrons. The molecule has 0 unspecified atom stereocenters. The molecule has 1 aromatic heterocycles. The van der Waals surface area contributed by atoms with Crippen molar-refractivity contribution in [2.75, 3.05) is 11.4 Å². The van der Waals surface area contributed by atoms with E-state index in [0.717, 1.165) is 35.8 Å². The van der Waals surface area contributed by atoms with Crippen LogP contribution in [0, 0.1) is 13.8 Å². The van der Waals surface area contributed by atoms with Gasteiger partial charge < -0.3 is 4.90 Å². The third kappa shape index (κ3) is 2.61. The Labute approximate surface area is 123 Å². The molecule has 0 aliphatic carbocycles. The highest BCUT2D eigenvalue weighted by molar-refractivity contribution is 7.09. The first kappa shape index (κ1) is 13.3. The average molecular weight is 286 g/mol. The van der Waals surface area contributed by atoms with Crippen LogP contribution in [0.25, 0.3) is 0 Å². The Balaban J connectivity index is 1.83. The van der Waals surface area contributed by atoms with Crippen LogP contribution in [0.3, 0.4) is 0 Å². The summed E-state index contributed by atoms with van der Waals surface area (Å²) < 4.78 is 0. The number of aryl methyl sites for hydroxylation is 3. The van der Waals surface area contributed by atoms with Gasteiger partial charge in [-0.2, -0.15) is 0 Å². The first-order valence-electron chi connectivity index (χ1n) is 6.94. The van der Waals surface area contributed by atoms with Crippen LogP contribution in [-0.2, 0) is 17.6 Å². The fraction of sp³-hybridized carbons (Fsp3) is 0.375. The zero-order valence-electron chi connectivity index (χ0n) is 11.8. The minimum Gasteiger partial charge on any atom is -0.312 e. The zero-order chi connectivity index (χ0) is 14.1.